The molecule has 1 N–H and O–H groups in total. The summed E-state index contributed by atoms with van der Waals surface area (Å²) in [5.74, 6) is 0.445. The third kappa shape index (κ3) is 3.33. The number of anilines is 1. The van der Waals surface area contributed by atoms with Gasteiger partial charge < -0.3 is 18.6 Å². The number of hydrogen-bond donors (Lipinski definition) is 1. The summed E-state index contributed by atoms with van der Waals surface area (Å²) < 4.78 is 24.1. The number of fused-ring (bicyclic) bond motifs is 3. The first-order chi connectivity index (χ1) is 13.9. The quantitative estimate of drug-likeness (QED) is 0.754. The SMILES string of the molecule is CC1(C)COc2c([S-](=O)=NC(=O)Nc3c4c(cc5c3CCC5)CCC4)cnn2C1. The monoisotopic (exact) mass is 413 g/mol. The summed E-state index contributed by atoms with van der Waals surface area (Å²) in [6.07, 6.45) is 7.78. The first-order valence-electron chi connectivity index (χ1n) is 10.2. The Bertz CT molecular complexity index is 1060. The van der Waals surface area contributed by atoms with E-state index in [0.717, 1.165) is 44.2 Å². The zero-order valence-electron chi connectivity index (χ0n) is 16.8. The molecule has 154 valence electrons. The molecule has 8 heteroatoms. The zero-order valence-corrected chi connectivity index (χ0v) is 17.6. The summed E-state index contributed by atoms with van der Waals surface area (Å²) in [5, 5.41) is 7.23. The molecule has 0 unspecified atom stereocenters. The van der Waals surface area contributed by atoms with Gasteiger partial charge in [-0.15, -0.1) is 10.6 Å². The van der Waals surface area contributed by atoms with Gasteiger partial charge in [-0.3, -0.25) is 0 Å². The van der Waals surface area contributed by atoms with E-state index >= 15 is 0 Å². The Morgan fingerprint density at radius 1 is 1.21 bits per heavy atom. The van der Waals surface area contributed by atoms with Crippen LogP contribution in [0.15, 0.2) is 21.5 Å². The lowest BCUT2D eigenvalue weighted by atomic mass is 9.94. The van der Waals surface area contributed by atoms with Gasteiger partial charge in [0.05, 0.1) is 13.2 Å². The van der Waals surface area contributed by atoms with E-state index in [-0.39, 0.29) is 5.41 Å². The second-order valence-electron chi connectivity index (χ2n) is 8.93. The maximum absolute atomic E-state index is 12.8. The van der Waals surface area contributed by atoms with Crippen molar-refractivity contribution in [3.63, 3.8) is 0 Å². The van der Waals surface area contributed by atoms with Gasteiger partial charge >= 0.3 is 6.03 Å². The van der Waals surface area contributed by atoms with Crippen molar-refractivity contribution in [1.82, 2.24) is 9.78 Å². The molecule has 5 rings (SSSR count). The van der Waals surface area contributed by atoms with Crippen molar-refractivity contribution >= 4 is 22.3 Å². The molecule has 1 aliphatic heterocycles. The van der Waals surface area contributed by atoms with Crippen LogP contribution in [0.5, 0.6) is 5.88 Å². The van der Waals surface area contributed by atoms with E-state index in [9.17, 15) is 9.00 Å². The lowest BCUT2D eigenvalue weighted by molar-refractivity contribution is 0.0972. The molecule has 0 saturated heterocycles. The summed E-state index contributed by atoms with van der Waals surface area (Å²) in [6, 6.07) is 1.74. The summed E-state index contributed by atoms with van der Waals surface area (Å²) in [7, 11) is -1.86. The molecule has 0 bridgehead atoms. The normalized spacial score (nSPS) is 19.9. The molecule has 1 aromatic heterocycles. The van der Waals surface area contributed by atoms with E-state index < -0.39 is 16.6 Å². The fourth-order valence-electron chi connectivity index (χ4n) is 4.67. The fraction of sp³-hybridized carbons (Fsp3) is 0.524. The average molecular weight is 414 g/mol. The van der Waals surface area contributed by atoms with Gasteiger partial charge in [-0.05, 0) is 65.7 Å². The Labute approximate surface area is 172 Å². The van der Waals surface area contributed by atoms with Crippen LogP contribution in [0.3, 0.4) is 0 Å². The van der Waals surface area contributed by atoms with E-state index in [1.807, 2.05) is 0 Å². The first kappa shape index (κ1) is 18.7. The summed E-state index contributed by atoms with van der Waals surface area (Å²) in [5.41, 5.74) is 6.00. The number of ether oxygens (including phenoxy) is 1. The van der Waals surface area contributed by atoms with Crippen molar-refractivity contribution in [1.29, 1.82) is 0 Å². The smallest absolute Gasteiger partial charge is 0.322 e. The van der Waals surface area contributed by atoms with E-state index in [4.69, 9.17) is 4.74 Å². The molecular formula is C21H25N4O3S-. The van der Waals surface area contributed by atoms with Crippen molar-refractivity contribution in [2.75, 3.05) is 11.9 Å². The lowest BCUT2D eigenvalue weighted by Crippen LogP contribution is -2.33. The van der Waals surface area contributed by atoms with Gasteiger partial charge in [0.15, 0.2) is 5.88 Å². The van der Waals surface area contributed by atoms with Gasteiger partial charge in [-0.25, -0.2) is 9.48 Å². The van der Waals surface area contributed by atoms with Crippen LogP contribution in [0, 0.1) is 5.41 Å². The van der Waals surface area contributed by atoms with E-state index in [1.54, 1.807) is 4.68 Å². The van der Waals surface area contributed by atoms with Crippen molar-refractivity contribution in [3.05, 3.63) is 34.5 Å². The molecule has 2 heterocycles. The minimum Gasteiger partial charge on any atom is -0.478 e. The molecule has 2 aromatic rings. The number of amides is 2. The number of urea groups is 1. The molecule has 2 amide bonds. The maximum atomic E-state index is 12.8. The molecule has 29 heavy (non-hydrogen) atoms. The Morgan fingerprint density at radius 2 is 1.90 bits per heavy atom. The van der Waals surface area contributed by atoms with Crippen molar-refractivity contribution < 1.29 is 13.7 Å². The predicted octanol–water partition coefficient (Wildman–Crippen LogP) is 4.02. The molecule has 0 spiro atoms. The minimum atomic E-state index is -1.86. The average Bonchev–Trinajstić information content (AvgIpc) is 3.38. The van der Waals surface area contributed by atoms with Crippen LogP contribution in [0.4, 0.5) is 10.5 Å². The van der Waals surface area contributed by atoms with Gasteiger partial charge in [0.25, 0.3) is 0 Å². The van der Waals surface area contributed by atoms with E-state index in [0.29, 0.717) is 23.9 Å². The van der Waals surface area contributed by atoms with Gasteiger partial charge in [0.2, 0.25) is 0 Å². The van der Waals surface area contributed by atoms with Crippen molar-refractivity contribution in [3.8, 4) is 5.88 Å². The molecule has 7 nitrogen and oxygen atoms in total. The predicted molar refractivity (Wildman–Crippen MR) is 110 cm³/mol. The number of aryl methyl sites for hydroxylation is 2. The van der Waals surface area contributed by atoms with Crippen LogP contribution in [0.2, 0.25) is 0 Å². The number of nitrogens with zero attached hydrogens (tertiary/aromatic N) is 3. The number of aromatic nitrogens is 2. The van der Waals surface area contributed by atoms with Gasteiger partial charge in [-0.1, -0.05) is 19.9 Å². The number of hydrogen-bond acceptors (Lipinski definition) is 5. The number of rotatable bonds is 2. The second kappa shape index (κ2) is 6.86. The largest absolute Gasteiger partial charge is 0.478 e. The van der Waals surface area contributed by atoms with E-state index in [1.165, 1.54) is 28.5 Å². The first-order valence-corrected chi connectivity index (χ1v) is 11.3. The van der Waals surface area contributed by atoms with Crippen LogP contribution in [-0.4, -0.2) is 22.4 Å². The molecule has 0 fully saturated rings. The highest BCUT2D eigenvalue weighted by molar-refractivity contribution is 7.75. The number of carbonyl (C=O) groups excluding carboxylic acids is 1. The molecule has 2 aliphatic carbocycles. The lowest BCUT2D eigenvalue weighted by Gasteiger charge is -2.31. The van der Waals surface area contributed by atoms with Crippen LogP contribution in [-0.2, 0) is 47.0 Å². The van der Waals surface area contributed by atoms with E-state index in [2.05, 4.69) is 34.7 Å². The molecular weight excluding hydrogens is 388 g/mol. The van der Waals surface area contributed by atoms with Crippen LogP contribution < -0.4 is 10.1 Å². The molecule has 3 aliphatic rings. The fourth-order valence-corrected chi connectivity index (χ4v) is 5.42. The maximum Gasteiger partial charge on any atom is 0.322 e. The van der Waals surface area contributed by atoms with Gasteiger partial charge in [0, 0.05) is 17.3 Å². The van der Waals surface area contributed by atoms with Crippen LogP contribution >= 0.6 is 0 Å². The summed E-state index contributed by atoms with van der Waals surface area (Å²) >= 11 is 0. The Morgan fingerprint density at radius 3 is 2.59 bits per heavy atom. The third-order valence-corrected chi connectivity index (χ3v) is 6.98. The molecule has 0 saturated carbocycles. The van der Waals surface area contributed by atoms with Crippen molar-refractivity contribution in [2.24, 2.45) is 9.78 Å². The van der Waals surface area contributed by atoms with Crippen molar-refractivity contribution in [2.45, 2.75) is 63.8 Å². The molecule has 0 atom stereocenters. The standard InChI is InChI=1S/C21H25N4O3S/c1-21(2)11-25-19(28-12-21)17(10-22-25)29(27)24-20(26)23-18-15-7-3-5-13(15)9-14-6-4-8-16(14)18/h9-10H,3-8,11-12H2,1-2H3,(H,23,26)/q-1. The molecule has 1 aromatic carbocycles. The Kier molecular flexibility index (Phi) is 4.42. The third-order valence-electron chi connectivity index (χ3n) is 6.00. The molecule has 0 radical (unpaired) electrons. The second-order valence-corrected chi connectivity index (χ2v) is 10.0. The highest BCUT2D eigenvalue weighted by Gasteiger charge is 2.28. The summed E-state index contributed by atoms with van der Waals surface area (Å²) in [4.78, 5) is 13.0. The topological polar surface area (TPSA) is 85.6 Å². The van der Waals surface area contributed by atoms with Gasteiger partial charge in [0.1, 0.15) is 0 Å². The highest BCUT2D eigenvalue weighted by Crippen LogP contribution is 2.38. The minimum absolute atomic E-state index is 0.0413. The Hall–Kier alpha value is -2.35. The number of nitrogens with one attached hydrogen (secondary N) is 1. The Balaban J connectivity index is 1.42. The number of carbonyl (C=O) groups is 1. The van der Waals surface area contributed by atoms with Crippen LogP contribution in [0.1, 0.15) is 48.9 Å². The van der Waals surface area contributed by atoms with Gasteiger partial charge in [-0.2, -0.15) is 5.10 Å². The zero-order chi connectivity index (χ0) is 20.2. The highest BCUT2D eigenvalue weighted by atomic mass is 32.2. The summed E-state index contributed by atoms with van der Waals surface area (Å²) in [6.45, 7) is 5.36. The number of benzene rings is 1. The van der Waals surface area contributed by atoms with Crippen LogP contribution in [0.25, 0.3) is 0 Å².